The van der Waals surface area contributed by atoms with Crippen LogP contribution < -0.4 is 14.4 Å². The van der Waals surface area contributed by atoms with Crippen LogP contribution in [-0.4, -0.2) is 56.7 Å². The number of hydrogen-bond donors (Lipinski definition) is 2. The summed E-state index contributed by atoms with van der Waals surface area (Å²) in [7, 11) is -4.08. The third-order valence-electron chi connectivity index (χ3n) is 11.2. The molecule has 7 nitrogen and oxygen atoms in total. The summed E-state index contributed by atoms with van der Waals surface area (Å²) in [6, 6.07) is 10.8. The number of ether oxygens (including phenoxy) is 1. The highest BCUT2D eigenvalue weighted by Gasteiger charge is 2.51. The summed E-state index contributed by atoms with van der Waals surface area (Å²) >= 11 is 6.36. The van der Waals surface area contributed by atoms with Gasteiger partial charge in [-0.2, -0.15) is 13.2 Å². The van der Waals surface area contributed by atoms with Gasteiger partial charge < -0.3 is 14.7 Å². The number of aliphatic hydroxyl groups excluding tert-OH is 1. The van der Waals surface area contributed by atoms with Crippen LogP contribution in [0.5, 0.6) is 5.75 Å². The summed E-state index contributed by atoms with van der Waals surface area (Å²) in [5.41, 5.74) is 2.61. The van der Waals surface area contributed by atoms with Crippen molar-refractivity contribution in [3.63, 3.8) is 0 Å². The molecule has 0 unspecified atom stereocenters. The van der Waals surface area contributed by atoms with Crippen molar-refractivity contribution in [2.75, 3.05) is 24.6 Å². The van der Waals surface area contributed by atoms with E-state index in [1.807, 2.05) is 18.2 Å². The Kier molecular flexibility index (Phi) is 9.08. The highest BCUT2D eigenvalue weighted by molar-refractivity contribution is 7.90. The second kappa shape index (κ2) is 12.5. The summed E-state index contributed by atoms with van der Waals surface area (Å²) in [6.45, 7) is 4.52. The minimum atomic E-state index is -4.76. The quantitative estimate of drug-likeness (QED) is 0.350. The number of rotatable bonds is 1. The maximum absolute atomic E-state index is 14.0. The largest absolute Gasteiger partial charge is 0.490 e. The van der Waals surface area contributed by atoms with Gasteiger partial charge in [-0.05, 0) is 117 Å². The number of fused-ring (bicyclic) bond motifs is 4. The smallest absolute Gasteiger partial charge is 0.414 e. The Labute approximate surface area is 273 Å². The molecule has 2 heterocycles. The number of alkyl halides is 3. The summed E-state index contributed by atoms with van der Waals surface area (Å²) in [4.78, 5) is 15.5. The number of aryl methyl sites for hydroxylation is 1. The van der Waals surface area contributed by atoms with E-state index in [9.17, 15) is 31.5 Å². The van der Waals surface area contributed by atoms with Crippen LogP contribution in [0.3, 0.4) is 0 Å². The molecule has 1 saturated carbocycles. The van der Waals surface area contributed by atoms with Crippen molar-refractivity contribution in [1.29, 1.82) is 0 Å². The Morgan fingerprint density at radius 2 is 1.87 bits per heavy atom. The number of anilines is 1. The molecule has 0 radical (unpaired) electrons. The van der Waals surface area contributed by atoms with E-state index in [-0.39, 0.29) is 23.8 Å². The first-order valence-corrected chi connectivity index (χ1v) is 18.2. The lowest BCUT2D eigenvalue weighted by Gasteiger charge is -2.48. The van der Waals surface area contributed by atoms with E-state index in [1.54, 1.807) is 25.1 Å². The van der Waals surface area contributed by atoms with Gasteiger partial charge in [0.15, 0.2) is 6.10 Å². The molecule has 1 spiro atoms. The van der Waals surface area contributed by atoms with Crippen LogP contribution in [-0.2, 0) is 21.9 Å². The zero-order valence-corrected chi connectivity index (χ0v) is 27.7. The van der Waals surface area contributed by atoms with E-state index < -0.39 is 50.7 Å². The first-order valence-electron chi connectivity index (χ1n) is 16.3. The molecule has 0 saturated heterocycles. The molecule has 2 aliphatic carbocycles. The van der Waals surface area contributed by atoms with Gasteiger partial charge in [-0.3, -0.25) is 4.79 Å². The van der Waals surface area contributed by atoms with Crippen LogP contribution in [0.15, 0.2) is 36.4 Å². The molecule has 1 amide bonds. The number of aliphatic hydroxyl groups is 1. The van der Waals surface area contributed by atoms with Gasteiger partial charge in [-0.1, -0.05) is 31.0 Å². The predicted molar refractivity (Wildman–Crippen MR) is 171 cm³/mol. The number of carbonyl (C=O) groups excluding carboxylic acids is 1. The fourth-order valence-electron chi connectivity index (χ4n) is 8.27. The molecule has 6 rings (SSSR count). The molecule has 2 N–H and O–H groups in total. The number of amides is 1. The van der Waals surface area contributed by atoms with Gasteiger partial charge in [0.25, 0.3) is 5.91 Å². The first-order chi connectivity index (χ1) is 21.7. The third-order valence-corrected chi connectivity index (χ3v) is 13.4. The molecule has 252 valence electrons. The van der Waals surface area contributed by atoms with Crippen molar-refractivity contribution in [2.45, 2.75) is 88.2 Å². The van der Waals surface area contributed by atoms with Gasteiger partial charge in [-0.25, -0.2) is 13.1 Å². The Morgan fingerprint density at radius 1 is 1.09 bits per heavy atom. The number of carbonyl (C=O) groups is 1. The normalized spacial score (nSPS) is 32.2. The van der Waals surface area contributed by atoms with E-state index in [2.05, 4.69) is 9.62 Å². The van der Waals surface area contributed by atoms with Gasteiger partial charge in [0.05, 0.1) is 17.5 Å². The van der Waals surface area contributed by atoms with Gasteiger partial charge in [0.1, 0.15) is 5.75 Å². The van der Waals surface area contributed by atoms with E-state index in [1.165, 1.54) is 6.92 Å². The fraction of sp³-hybridized carbons (Fsp3) is 0.618. The van der Waals surface area contributed by atoms with Crippen molar-refractivity contribution in [2.24, 2.45) is 23.7 Å². The Balaban J connectivity index is 1.43. The lowest BCUT2D eigenvalue weighted by Crippen LogP contribution is -2.51. The van der Waals surface area contributed by atoms with Crippen LogP contribution in [0.1, 0.15) is 80.3 Å². The number of sulfonamides is 1. The Hall–Kier alpha value is -2.50. The van der Waals surface area contributed by atoms with Crippen LogP contribution >= 0.6 is 11.6 Å². The summed E-state index contributed by atoms with van der Waals surface area (Å²) in [5, 5.41) is 10.3. The number of benzene rings is 2. The lowest BCUT2D eigenvalue weighted by molar-refractivity contribution is -0.231. The van der Waals surface area contributed by atoms with Crippen molar-refractivity contribution in [1.82, 2.24) is 4.72 Å². The van der Waals surface area contributed by atoms with Gasteiger partial charge in [-0.15, -0.1) is 0 Å². The van der Waals surface area contributed by atoms with Crippen molar-refractivity contribution < 1.29 is 36.2 Å². The molecule has 12 heteroatoms. The number of halogens is 4. The molecule has 1 fully saturated rings. The Morgan fingerprint density at radius 3 is 2.59 bits per heavy atom. The summed E-state index contributed by atoms with van der Waals surface area (Å²) in [5.74, 6) is -2.08. The fourth-order valence-corrected chi connectivity index (χ4v) is 9.77. The molecule has 46 heavy (non-hydrogen) atoms. The van der Waals surface area contributed by atoms with Crippen LogP contribution in [0.25, 0.3) is 0 Å². The van der Waals surface area contributed by atoms with Crippen LogP contribution in [0.2, 0.25) is 5.02 Å². The molecule has 2 bridgehead atoms. The standard InChI is InChI=1S/C34H42ClF3N2O5S/c1-20-5-3-7-27(31(41)34(36,37)38)26-11-8-24(26)17-40-18-33(14-4-6-22-15-25(35)10-12-28(22)33)19-45-30-13-9-23(16-29(30)40)32(42)39-46(43,44)21(20)2/h9-10,12-13,15-16,20-21,24,26-27,31,41H,3-8,11,14,17-19H2,1-2H3,(H,39,42)/t20-,21+,24-,26+,27+,31+,33-/m0/s1. The molecule has 2 aromatic rings. The number of nitrogens with one attached hydrogen (secondary N) is 1. The predicted octanol–water partition coefficient (Wildman–Crippen LogP) is 6.65. The molecule has 2 aromatic carbocycles. The van der Waals surface area contributed by atoms with Crippen molar-refractivity contribution in [3.05, 3.63) is 58.1 Å². The second-order valence-electron chi connectivity index (χ2n) is 14.0. The highest BCUT2D eigenvalue weighted by atomic mass is 35.5. The van der Waals surface area contributed by atoms with Gasteiger partial charge >= 0.3 is 6.18 Å². The minimum absolute atomic E-state index is 0.111. The minimum Gasteiger partial charge on any atom is -0.490 e. The lowest BCUT2D eigenvalue weighted by atomic mass is 9.63. The second-order valence-corrected chi connectivity index (χ2v) is 16.5. The van der Waals surface area contributed by atoms with Gasteiger partial charge in [0, 0.05) is 29.1 Å². The summed E-state index contributed by atoms with van der Waals surface area (Å²) < 4.78 is 77.3. The maximum atomic E-state index is 14.0. The maximum Gasteiger partial charge on any atom is 0.414 e. The number of hydrogen-bond acceptors (Lipinski definition) is 6. The van der Waals surface area contributed by atoms with Crippen molar-refractivity contribution >= 4 is 33.2 Å². The van der Waals surface area contributed by atoms with Crippen LogP contribution in [0, 0.1) is 23.7 Å². The molecule has 4 aliphatic rings. The molecular weight excluding hydrogens is 641 g/mol. The molecule has 2 aliphatic heterocycles. The average molecular weight is 683 g/mol. The van der Waals surface area contributed by atoms with E-state index in [0.717, 1.165) is 36.8 Å². The topological polar surface area (TPSA) is 95.9 Å². The van der Waals surface area contributed by atoms with Crippen LogP contribution in [0.4, 0.5) is 18.9 Å². The monoisotopic (exact) mass is 682 g/mol. The van der Waals surface area contributed by atoms with Crippen molar-refractivity contribution in [3.8, 4) is 5.75 Å². The zero-order chi connectivity index (χ0) is 33.0. The molecular formula is C34H42ClF3N2O5S. The highest BCUT2D eigenvalue weighted by Crippen LogP contribution is 2.49. The Bertz CT molecular complexity index is 1590. The molecule has 0 aromatic heterocycles. The first kappa shape index (κ1) is 33.4. The van der Waals surface area contributed by atoms with E-state index >= 15 is 0 Å². The van der Waals surface area contributed by atoms with Gasteiger partial charge in [0.2, 0.25) is 10.0 Å². The summed E-state index contributed by atoms with van der Waals surface area (Å²) in [6.07, 6.45) is -2.47. The zero-order valence-electron chi connectivity index (χ0n) is 26.2. The van der Waals surface area contributed by atoms with E-state index in [0.29, 0.717) is 55.4 Å². The third kappa shape index (κ3) is 6.35. The average Bonchev–Trinajstić information content (AvgIpc) is 3.13. The SMILES string of the molecule is C[C@@H]1[C@@H](C)CCC[C@@H]([C@@H](O)C(F)(F)F)[C@@H]2CC[C@H]2CN2C[C@@]3(CCCc4cc(Cl)ccc43)COc3ccc(cc32)C(=O)NS1(=O)=O. The van der Waals surface area contributed by atoms with E-state index in [4.69, 9.17) is 16.3 Å². The number of nitrogens with zero attached hydrogens (tertiary/aromatic N) is 1. The molecule has 7 atom stereocenters.